The van der Waals surface area contributed by atoms with E-state index in [9.17, 15) is 0 Å². The molecule has 0 amide bonds. The molecule has 0 aromatic heterocycles. The van der Waals surface area contributed by atoms with Crippen molar-refractivity contribution in [3.63, 3.8) is 0 Å². The first-order valence-corrected chi connectivity index (χ1v) is 6.78. The minimum Gasteiger partial charge on any atom is -0.493 e. The SMILES string of the molecule is Cc1ccccc1OCCCNC1CCCC1. The van der Waals surface area contributed by atoms with E-state index < -0.39 is 0 Å². The molecule has 94 valence electrons. The first kappa shape index (κ1) is 12.4. The molecule has 0 unspecified atom stereocenters. The zero-order valence-electron chi connectivity index (χ0n) is 10.7. The van der Waals surface area contributed by atoms with Crippen molar-refractivity contribution in [2.75, 3.05) is 13.2 Å². The van der Waals surface area contributed by atoms with Crippen molar-refractivity contribution in [1.82, 2.24) is 5.32 Å². The zero-order valence-corrected chi connectivity index (χ0v) is 10.7. The monoisotopic (exact) mass is 233 g/mol. The van der Waals surface area contributed by atoms with E-state index in [1.165, 1.54) is 31.2 Å². The summed E-state index contributed by atoms with van der Waals surface area (Å²) in [4.78, 5) is 0. The molecule has 1 saturated carbocycles. The van der Waals surface area contributed by atoms with Gasteiger partial charge in [0.15, 0.2) is 0 Å². The molecule has 0 radical (unpaired) electrons. The lowest BCUT2D eigenvalue weighted by Gasteiger charge is -2.12. The van der Waals surface area contributed by atoms with Crippen LogP contribution in [0.15, 0.2) is 24.3 Å². The van der Waals surface area contributed by atoms with Gasteiger partial charge in [0, 0.05) is 6.04 Å². The minimum atomic E-state index is 0.772. The van der Waals surface area contributed by atoms with Crippen LogP contribution >= 0.6 is 0 Å². The number of hydrogen-bond acceptors (Lipinski definition) is 2. The van der Waals surface area contributed by atoms with E-state index in [-0.39, 0.29) is 0 Å². The maximum atomic E-state index is 5.76. The molecule has 2 nitrogen and oxygen atoms in total. The van der Waals surface area contributed by atoms with Crippen molar-refractivity contribution < 1.29 is 4.74 Å². The lowest BCUT2D eigenvalue weighted by atomic mass is 10.2. The van der Waals surface area contributed by atoms with Gasteiger partial charge in [0.1, 0.15) is 5.75 Å². The number of aryl methyl sites for hydroxylation is 1. The third-order valence-corrected chi connectivity index (χ3v) is 3.46. The van der Waals surface area contributed by atoms with Gasteiger partial charge in [0.05, 0.1) is 6.61 Å². The Labute approximate surface area is 104 Å². The Kier molecular flexibility index (Phi) is 4.87. The van der Waals surface area contributed by atoms with E-state index in [2.05, 4.69) is 18.3 Å². The van der Waals surface area contributed by atoms with Gasteiger partial charge < -0.3 is 10.1 Å². The predicted molar refractivity (Wildman–Crippen MR) is 71.5 cm³/mol. The van der Waals surface area contributed by atoms with Crippen molar-refractivity contribution in [3.05, 3.63) is 29.8 Å². The maximum Gasteiger partial charge on any atom is 0.122 e. The van der Waals surface area contributed by atoms with E-state index >= 15 is 0 Å². The number of ether oxygens (including phenoxy) is 1. The summed E-state index contributed by atoms with van der Waals surface area (Å²) >= 11 is 0. The Morgan fingerprint density at radius 2 is 2.00 bits per heavy atom. The van der Waals surface area contributed by atoms with Crippen LogP contribution in [0.5, 0.6) is 5.75 Å². The second-order valence-electron chi connectivity index (χ2n) is 4.90. The number of rotatable bonds is 6. The van der Waals surface area contributed by atoms with Crippen molar-refractivity contribution in [1.29, 1.82) is 0 Å². The summed E-state index contributed by atoms with van der Waals surface area (Å²) in [6.45, 7) is 3.98. The van der Waals surface area contributed by atoms with Crippen LogP contribution in [0.1, 0.15) is 37.7 Å². The fourth-order valence-electron chi connectivity index (χ4n) is 2.41. The summed E-state index contributed by atoms with van der Waals surface area (Å²) in [6, 6.07) is 8.97. The molecule has 17 heavy (non-hydrogen) atoms. The number of hydrogen-bond donors (Lipinski definition) is 1. The highest BCUT2D eigenvalue weighted by molar-refractivity contribution is 5.31. The fourth-order valence-corrected chi connectivity index (χ4v) is 2.41. The highest BCUT2D eigenvalue weighted by atomic mass is 16.5. The molecule has 0 atom stereocenters. The highest BCUT2D eigenvalue weighted by Gasteiger charge is 2.13. The summed E-state index contributed by atoms with van der Waals surface area (Å²) < 4.78 is 5.76. The molecule has 1 aliphatic rings. The largest absolute Gasteiger partial charge is 0.493 e. The van der Waals surface area contributed by atoms with Crippen molar-refractivity contribution in [2.24, 2.45) is 0 Å². The second kappa shape index (κ2) is 6.65. The van der Waals surface area contributed by atoms with Crippen molar-refractivity contribution >= 4 is 0 Å². The third kappa shape index (κ3) is 4.04. The van der Waals surface area contributed by atoms with Gasteiger partial charge in [-0.2, -0.15) is 0 Å². The summed E-state index contributed by atoms with van der Waals surface area (Å²) in [5.41, 5.74) is 1.22. The Balaban J connectivity index is 1.58. The van der Waals surface area contributed by atoms with Gasteiger partial charge in [0.2, 0.25) is 0 Å². The van der Waals surface area contributed by atoms with Crippen LogP contribution in [-0.2, 0) is 0 Å². The predicted octanol–water partition coefficient (Wildman–Crippen LogP) is 3.30. The van der Waals surface area contributed by atoms with Gasteiger partial charge in [-0.05, 0) is 44.4 Å². The normalized spacial score (nSPS) is 16.3. The maximum absolute atomic E-state index is 5.76. The van der Waals surface area contributed by atoms with Gasteiger partial charge in [-0.15, -0.1) is 0 Å². The van der Waals surface area contributed by atoms with E-state index in [4.69, 9.17) is 4.74 Å². The molecule has 0 bridgehead atoms. The number of nitrogens with one attached hydrogen (secondary N) is 1. The van der Waals surface area contributed by atoms with Crippen LogP contribution in [0.4, 0.5) is 0 Å². The molecule has 1 aliphatic carbocycles. The molecule has 2 rings (SSSR count). The lowest BCUT2D eigenvalue weighted by Crippen LogP contribution is -2.27. The van der Waals surface area contributed by atoms with Crippen LogP contribution in [0.25, 0.3) is 0 Å². The highest BCUT2D eigenvalue weighted by Crippen LogP contribution is 2.18. The molecule has 0 aliphatic heterocycles. The molecular formula is C15H23NO. The second-order valence-corrected chi connectivity index (χ2v) is 4.90. The zero-order chi connectivity index (χ0) is 11.9. The quantitative estimate of drug-likeness (QED) is 0.761. The Morgan fingerprint density at radius 1 is 1.24 bits per heavy atom. The average Bonchev–Trinajstić information content (AvgIpc) is 2.84. The van der Waals surface area contributed by atoms with Crippen molar-refractivity contribution in [3.8, 4) is 5.75 Å². The molecule has 1 aromatic carbocycles. The number of para-hydroxylation sites is 1. The van der Waals surface area contributed by atoms with Gasteiger partial charge >= 0.3 is 0 Å². The van der Waals surface area contributed by atoms with Gasteiger partial charge in [0.25, 0.3) is 0 Å². The topological polar surface area (TPSA) is 21.3 Å². The molecule has 0 spiro atoms. The van der Waals surface area contributed by atoms with E-state index in [0.29, 0.717) is 0 Å². The summed E-state index contributed by atoms with van der Waals surface area (Å²) in [5, 5.41) is 3.60. The Bertz CT molecular complexity index is 331. The van der Waals surface area contributed by atoms with E-state index in [1.807, 2.05) is 18.2 Å². The molecule has 1 aromatic rings. The molecular weight excluding hydrogens is 210 g/mol. The fraction of sp³-hybridized carbons (Fsp3) is 0.600. The molecule has 1 N–H and O–H groups in total. The summed E-state index contributed by atoms with van der Waals surface area (Å²) in [7, 11) is 0. The molecule has 0 heterocycles. The number of benzene rings is 1. The molecule has 2 heteroatoms. The Morgan fingerprint density at radius 3 is 2.76 bits per heavy atom. The van der Waals surface area contributed by atoms with Gasteiger partial charge in [-0.25, -0.2) is 0 Å². The summed E-state index contributed by atoms with van der Waals surface area (Å²) in [6.07, 6.45) is 6.61. The van der Waals surface area contributed by atoms with Crippen LogP contribution in [0.2, 0.25) is 0 Å². The average molecular weight is 233 g/mol. The third-order valence-electron chi connectivity index (χ3n) is 3.46. The van der Waals surface area contributed by atoms with E-state index in [1.54, 1.807) is 0 Å². The molecule has 0 saturated heterocycles. The first-order valence-electron chi connectivity index (χ1n) is 6.78. The standard InChI is InChI=1S/C15H23NO/c1-13-7-2-5-10-15(13)17-12-6-11-16-14-8-3-4-9-14/h2,5,7,10,14,16H,3-4,6,8-9,11-12H2,1H3. The minimum absolute atomic E-state index is 0.772. The van der Waals surface area contributed by atoms with Crippen LogP contribution in [0.3, 0.4) is 0 Å². The van der Waals surface area contributed by atoms with E-state index in [0.717, 1.165) is 31.4 Å². The smallest absolute Gasteiger partial charge is 0.122 e. The van der Waals surface area contributed by atoms with Crippen LogP contribution in [-0.4, -0.2) is 19.2 Å². The van der Waals surface area contributed by atoms with Crippen LogP contribution in [0, 0.1) is 6.92 Å². The Hall–Kier alpha value is -1.02. The molecule has 1 fully saturated rings. The summed E-state index contributed by atoms with van der Waals surface area (Å²) in [5.74, 6) is 1.02. The van der Waals surface area contributed by atoms with Gasteiger partial charge in [-0.3, -0.25) is 0 Å². The van der Waals surface area contributed by atoms with Crippen molar-refractivity contribution in [2.45, 2.75) is 45.1 Å². The van der Waals surface area contributed by atoms with Crippen LogP contribution < -0.4 is 10.1 Å². The van der Waals surface area contributed by atoms with Gasteiger partial charge in [-0.1, -0.05) is 31.0 Å². The lowest BCUT2D eigenvalue weighted by molar-refractivity contribution is 0.303. The first-order chi connectivity index (χ1) is 8.36.